The monoisotopic (exact) mass is 395 g/mol. The summed E-state index contributed by atoms with van der Waals surface area (Å²) in [6, 6.07) is 0.451. The van der Waals surface area contributed by atoms with E-state index >= 15 is 0 Å². The average Bonchev–Trinajstić information content (AvgIpc) is 2.16. The average molecular weight is 395 g/mol. The van der Waals surface area contributed by atoms with Gasteiger partial charge in [0.05, 0.1) is 7.11 Å². The van der Waals surface area contributed by atoms with E-state index in [1.165, 1.54) is 7.11 Å². The van der Waals surface area contributed by atoms with Crippen LogP contribution >= 0.6 is 46.0 Å². The van der Waals surface area contributed by atoms with Gasteiger partial charge in [-0.3, -0.25) is 0 Å². The first kappa shape index (κ1) is 9.95. The lowest BCUT2D eigenvalue weighted by atomic mass is 10.9. The lowest BCUT2D eigenvalue weighted by molar-refractivity contribution is 0.366. The van der Waals surface area contributed by atoms with Crippen molar-refractivity contribution in [3.05, 3.63) is 0 Å². The molecule has 1 heterocycles. The van der Waals surface area contributed by atoms with E-state index in [1.54, 1.807) is 46.0 Å². The minimum Gasteiger partial charge on any atom is -0.467 e. The molecule has 0 saturated carbocycles. The molecular formula is C4H3I2N3O3. The smallest absolute Gasteiger partial charge is 0.335 e. The van der Waals surface area contributed by atoms with Gasteiger partial charge in [-0.05, 0) is 0 Å². The summed E-state index contributed by atoms with van der Waals surface area (Å²) in [5.74, 6) is 0. The molecule has 0 aliphatic heterocycles. The van der Waals surface area contributed by atoms with Crippen LogP contribution in [0, 0.1) is 0 Å². The third kappa shape index (κ3) is 2.43. The Bertz CT molecular complexity index is 216. The van der Waals surface area contributed by atoms with Gasteiger partial charge >= 0.3 is 18.0 Å². The molecule has 0 N–H and O–H groups in total. The molecule has 8 heteroatoms. The number of nitrogens with zero attached hydrogens (tertiary/aromatic N) is 3. The van der Waals surface area contributed by atoms with Crippen molar-refractivity contribution in [1.29, 1.82) is 0 Å². The molecule has 1 aromatic rings. The Morgan fingerprint density at radius 3 is 1.67 bits per heavy atom. The molecule has 0 saturated heterocycles. The van der Waals surface area contributed by atoms with Crippen molar-refractivity contribution in [2.24, 2.45) is 0 Å². The van der Waals surface area contributed by atoms with E-state index in [0.717, 1.165) is 0 Å². The lowest BCUT2D eigenvalue weighted by Gasteiger charge is -2.00. The number of hydrogen-bond acceptors (Lipinski definition) is 6. The van der Waals surface area contributed by atoms with Gasteiger partial charge < -0.3 is 10.9 Å². The third-order valence-corrected chi connectivity index (χ3v) is 1.68. The largest absolute Gasteiger partial charge is 0.467 e. The van der Waals surface area contributed by atoms with Crippen molar-refractivity contribution >= 4 is 46.0 Å². The molecule has 1 aromatic heterocycles. The Labute approximate surface area is 96.4 Å². The fourth-order valence-corrected chi connectivity index (χ4v) is 0.875. The molecule has 12 heavy (non-hydrogen) atoms. The second-order valence-corrected chi connectivity index (χ2v) is 2.42. The predicted octanol–water partition coefficient (Wildman–Crippen LogP) is 1.34. The molecule has 0 fully saturated rings. The van der Waals surface area contributed by atoms with Crippen molar-refractivity contribution < 1.29 is 10.9 Å². The lowest BCUT2D eigenvalue weighted by Crippen LogP contribution is -1.97. The van der Waals surface area contributed by atoms with E-state index < -0.39 is 0 Å². The fraction of sp³-hybridized carbons (Fsp3) is 0.250. The van der Waals surface area contributed by atoms with Gasteiger partial charge in [0, 0.05) is 0 Å². The second-order valence-electron chi connectivity index (χ2n) is 1.54. The summed E-state index contributed by atoms with van der Waals surface area (Å²) in [5.41, 5.74) is 0. The van der Waals surface area contributed by atoms with Crippen LogP contribution in [-0.4, -0.2) is 22.1 Å². The molecule has 0 radical (unpaired) electrons. The highest BCUT2D eigenvalue weighted by Gasteiger charge is 2.07. The zero-order valence-electron chi connectivity index (χ0n) is 5.82. The molecule has 0 spiro atoms. The highest BCUT2D eigenvalue weighted by atomic mass is 127. The normalized spacial score (nSPS) is 9.25. The van der Waals surface area contributed by atoms with Gasteiger partial charge in [0.2, 0.25) is 0 Å². The molecule has 0 bridgehead atoms. The van der Waals surface area contributed by atoms with Crippen LogP contribution in [0.25, 0.3) is 0 Å². The maximum absolute atomic E-state index is 4.77. The van der Waals surface area contributed by atoms with Gasteiger partial charge in [0.15, 0.2) is 46.0 Å². The van der Waals surface area contributed by atoms with Crippen molar-refractivity contribution in [2.45, 2.75) is 0 Å². The minimum absolute atomic E-state index is 0.147. The standard InChI is InChI=1S/C4H3I2N3O3/c1-10-2-7-3(11-5)9-4(8-2)12-6/h1H3. The van der Waals surface area contributed by atoms with E-state index in [1.807, 2.05) is 0 Å². The Morgan fingerprint density at radius 2 is 1.33 bits per heavy atom. The summed E-state index contributed by atoms with van der Waals surface area (Å²) >= 11 is 3.31. The van der Waals surface area contributed by atoms with E-state index in [2.05, 4.69) is 15.0 Å². The predicted molar refractivity (Wildman–Crippen MR) is 55.7 cm³/mol. The third-order valence-electron chi connectivity index (χ3n) is 0.894. The molecule has 1 rings (SSSR count). The molecule has 0 amide bonds. The zero-order valence-corrected chi connectivity index (χ0v) is 10.1. The van der Waals surface area contributed by atoms with Crippen LogP contribution in [0.2, 0.25) is 0 Å². The molecule has 0 aliphatic carbocycles. The molecule has 0 aromatic carbocycles. The number of aromatic nitrogens is 3. The van der Waals surface area contributed by atoms with Crippen LogP contribution < -0.4 is 10.9 Å². The SMILES string of the molecule is COc1nc(OI)nc(OI)n1. The fourth-order valence-electron chi connectivity index (χ4n) is 0.481. The molecule has 0 aliphatic rings. The van der Waals surface area contributed by atoms with Gasteiger partial charge in [-0.25, -0.2) is 0 Å². The van der Waals surface area contributed by atoms with Crippen molar-refractivity contribution in [3.8, 4) is 18.0 Å². The van der Waals surface area contributed by atoms with Gasteiger partial charge in [-0.15, -0.1) is 15.0 Å². The number of halogens is 2. The first-order valence-corrected chi connectivity index (χ1v) is 4.43. The number of ether oxygens (including phenoxy) is 1. The van der Waals surface area contributed by atoms with E-state index in [-0.39, 0.29) is 18.0 Å². The summed E-state index contributed by atoms with van der Waals surface area (Å²) in [6.45, 7) is 0. The van der Waals surface area contributed by atoms with Gasteiger partial charge in [0.1, 0.15) is 0 Å². The molecule has 6 nitrogen and oxygen atoms in total. The Morgan fingerprint density at radius 1 is 0.917 bits per heavy atom. The maximum Gasteiger partial charge on any atom is 0.335 e. The number of rotatable bonds is 3. The topological polar surface area (TPSA) is 66.4 Å². The van der Waals surface area contributed by atoms with Crippen LogP contribution in [0.4, 0.5) is 0 Å². The summed E-state index contributed by atoms with van der Waals surface area (Å²) in [7, 11) is 1.45. The first-order chi connectivity index (χ1) is 5.80. The number of methoxy groups -OCH3 is 1. The summed E-state index contributed by atoms with van der Waals surface area (Å²) in [4.78, 5) is 11.3. The van der Waals surface area contributed by atoms with Crippen LogP contribution in [0.15, 0.2) is 0 Å². The Balaban J connectivity index is 3.01. The number of hydrogen-bond donors (Lipinski definition) is 0. The van der Waals surface area contributed by atoms with Gasteiger partial charge in [-0.1, -0.05) is 0 Å². The summed E-state index contributed by atoms with van der Waals surface area (Å²) in [6.07, 6.45) is 0. The maximum atomic E-state index is 4.77. The van der Waals surface area contributed by atoms with E-state index in [4.69, 9.17) is 10.9 Å². The van der Waals surface area contributed by atoms with Crippen molar-refractivity contribution in [2.75, 3.05) is 7.11 Å². The summed E-state index contributed by atoms with van der Waals surface area (Å²) in [5, 5.41) is 0. The first-order valence-electron chi connectivity index (χ1n) is 2.67. The zero-order chi connectivity index (χ0) is 8.97. The Kier molecular flexibility index (Phi) is 3.97. The molecular weight excluding hydrogens is 392 g/mol. The molecule has 66 valence electrons. The highest BCUT2D eigenvalue weighted by Crippen LogP contribution is 2.16. The van der Waals surface area contributed by atoms with Crippen LogP contribution in [0.1, 0.15) is 0 Å². The van der Waals surface area contributed by atoms with Crippen LogP contribution in [0.5, 0.6) is 18.0 Å². The Hall–Kier alpha value is -0.130. The van der Waals surface area contributed by atoms with Crippen molar-refractivity contribution in [1.82, 2.24) is 15.0 Å². The van der Waals surface area contributed by atoms with Gasteiger partial charge in [-0.2, -0.15) is 0 Å². The van der Waals surface area contributed by atoms with E-state index in [0.29, 0.717) is 0 Å². The minimum atomic E-state index is 0.147. The quantitative estimate of drug-likeness (QED) is 0.721. The molecule has 0 unspecified atom stereocenters. The molecule has 0 atom stereocenters. The second kappa shape index (κ2) is 4.79. The van der Waals surface area contributed by atoms with E-state index in [9.17, 15) is 0 Å². The highest BCUT2D eigenvalue weighted by molar-refractivity contribution is 14.1. The van der Waals surface area contributed by atoms with Gasteiger partial charge in [0.25, 0.3) is 0 Å². The van der Waals surface area contributed by atoms with Crippen LogP contribution in [-0.2, 0) is 0 Å². The van der Waals surface area contributed by atoms with Crippen LogP contribution in [0.3, 0.4) is 0 Å². The summed E-state index contributed by atoms with van der Waals surface area (Å²) < 4.78 is 14.3. The van der Waals surface area contributed by atoms with Crippen molar-refractivity contribution in [3.63, 3.8) is 0 Å².